The van der Waals surface area contributed by atoms with Gasteiger partial charge in [0.05, 0.1) is 16.2 Å². The highest BCUT2D eigenvalue weighted by Gasteiger charge is 2.16. The third-order valence-corrected chi connectivity index (χ3v) is 5.39. The van der Waals surface area contributed by atoms with Crippen molar-refractivity contribution in [2.75, 3.05) is 29.5 Å². The van der Waals surface area contributed by atoms with E-state index >= 15 is 0 Å². The molecule has 0 saturated heterocycles. The number of rotatable bonds is 8. The van der Waals surface area contributed by atoms with Crippen LogP contribution in [0.2, 0.25) is 0 Å². The van der Waals surface area contributed by atoms with Crippen molar-refractivity contribution in [1.29, 1.82) is 0 Å². The maximum atomic E-state index is 10.8. The quantitative estimate of drug-likeness (QED) is 0.156. The minimum atomic E-state index is -0.568. The van der Waals surface area contributed by atoms with Gasteiger partial charge in [0, 0.05) is 47.8 Å². The van der Waals surface area contributed by atoms with Gasteiger partial charge in [-0.05, 0) is 24.6 Å². The molecule has 0 unspecified atom stereocenters. The lowest BCUT2D eigenvalue weighted by Gasteiger charge is -2.12. The second-order valence-corrected chi connectivity index (χ2v) is 7.94. The Bertz CT molecular complexity index is 1300. The summed E-state index contributed by atoms with van der Waals surface area (Å²) in [6.07, 6.45) is 5.15. The van der Waals surface area contributed by atoms with E-state index in [0.29, 0.717) is 30.7 Å². The number of nitrogens with one attached hydrogen (secondary N) is 3. The Morgan fingerprint density at radius 2 is 1.94 bits per heavy atom. The van der Waals surface area contributed by atoms with Gasteiger partial charge in [-0.25, -0.2) is 19.9 Å². The molecule has 5 N–H and O–H groups in total. The molecule has 0 saturated carbocycles. The number of imidazole rings is 1. The third kappa shape index (κ3) is 5.06. The van der Waals surface area contributed by atoms with E-state index in [4.69, 9.17) is 10.7 Å². The molecule has 12 heteroatoms. The van der Waals surface area contributed by atoms with Crippen LogP contribution in [0.25, 0.3) is 22.6 Å². The van der Waals surface area contributed by atoms with E-state index in [-0.39, 0.29) is 11.5 Å². The van der Waals surface area contributed by atoms with Crippen molar-refractivity contribution in [3.63, 3.8) is 0 Å². The van der Waals surface area contributed by atoms with Crippen LogP contribution in [0, 0.1) is 17.0 Å². The lowest BCUT2D eigenvalue weighted by atomic mass is 10.1. The van der Waals surface area contributed by atoms with E-state index in [0.717, 1.165) is 26.9 Å². The van der Waals surface area contributed by atoms with Crippen molar-refractivity contribution in [3.8, 4) is 22.6 Å². The van der Waals surface area contributed by atoms with Crippen molar-refractivity contribution in [2.45, 2.75) is 6.92 Å². The highest BCUT2D eigenvalue weighted by Crippen LogP contribution is 2.34. The van der Waals surface area contributed by atoms with Gasteiger partial charge in [-0.1, -0.05) is 28.1 Å². The smallest absolute Gasteiger partial charge is 0.311 e. The van der Waals surface area contributed by atoms with E-state index in [2.05, 4.69) is 46.5 Å². The van der Waals surface area contributed by atoms with Crippen molar-refractivity contribution in [2.24, 2.45) is 0 Å². The van der Waals surface area contributed by atoms with Gasteiger partial charge in [0.2, 0.25) is 11.8 Å². The number of hydrogen-bond donors (Lipinski definition) is 4. The molecule has 0 aliphatic rings. The lowest BCUT2D eigenvalue weighted by molar-refractivity contribution is -0.384. The highest BCUT2D eigenvalue weighted by atomic mass is 79.9. The van der Waals surface area contributed by atoms with Crippen LogP contribution >= 0.6 is 15.9 Å². The first-order chi connectivity index (χ1) is 15.9. The largest absolute Gasteiger partial charge is 0.378 e. The summed E-state index contributed by atoms with van der Waals surface area (Å²) in [6.45, 7) is 2.97. The third-order valence-electron chi connectivity index (χ3n) is 4.74. The van der Waals surface area contributed by atoms with Crippen LogP contribution in [0.5, 0.6) is 0 Å². The zero-order valence-electron chi connectivity index (χ0n) is 17.5. The molecule has 0 aliphatic carbocycles. The fourth-order valence-electron chi connectivity index (χ4n) is 3.16. The van der Waals surface area contributed by atoms with Gasteiger partial charge in [-0.2, -0.15) is 0 Å². The Morgan fingerprint density at radius 1 is 1.12 bits per heavy atom. The molecular weight excluding hydrogens is 490 g/mol. The summed E-state index contributed by atoms with van der Waals surface area (Å²) in [4.78, 5) is 30.9. The molecule has 0 aliphatic heterocycles. The number of H-pyrrole nitrogens is 1. The van der Waals surface area contributed by atoms with Gasteiger partial charge >= 0.3 is 5.69 Å². The molecule has 0 spiro atoms. The predicted molar refractivity (Wildman–Crippen MR) is 130 cm³/mol. The standard InChI is InChI=1S/C21H20BrN9O2/c1-12-2-3-13(15(22)10-12)18-14(20-25-7-8-26-20)11-28-21(30-18)27-9-6-24-17-5-4-16(31(32)33)19(23)29-17/h2-5,7-8,10-11H,6,9H2,1H3,(H,25,26)(H3,23,24,29)(H,27,28,30). The van der Waals surface area contributed by atoms with Crippen molar-refractivity contribution in [1.82, 2.24) is 24.9 Å². The monoisotopic (exact) mass is 509 g/mol. The van der Waals surface area contributed by atoms with Crippen molar-refractivity contribution >= 4 is 39.2 Å². The second-order valence-electron chi connectivity index (χ2n) is 7.09. The van der Waals surface area contributed by atoms with Gasteiger partial charge in [-0.15, -0.1) is 0 Å². The van der Waals surface area contributed by atoms with Gasteiger partial charge in [0.15, 0.2) is 0 Å². The fraction of sp³-hybridized carbons (Fsp3) is 0.143. The molecule has 168 valence electrons. The van der Waals surface area contributed by atoms with Crippen LogP contribution in [-0.4, -0.2) is 42.9 Å². The molecule has 0 radical (unpaired) electrons. The Labute approximate surface area is 197 Å². The van der Waals surface area contributed by atoms with Gasteiger partial charge < -0.3 is 21.4 Å². The zero-order valence-corrected chi connectivity index (χ0v) is 19.1. The summed E-state index contributed by atoms with van der Waals surface area (Å²) in [5, 5.41) is 17.1. The SMILES string of the molecule is Cc1ccc(-c2nc(NCCNc3ccc([N+](=O)[O-])c(N)n3)ncc2-c2ncc[nH]2)c(Br)c1. The van der Waals surface area contributed by atoms with Crippen LogP contribution in [0.4, 0.5) is 23.3 Å². The first-order valence-electron chi connectivity index (χ1n) is 9.94. The molecule has 0 amide bonds. The average Bonchev–Trinajstić information content (AvgIpc) is 3.31. The molecule has 3 heterocycles. The molecule has 4 rings (SSSR count). The maximum Gasteiger partial charge on any atom is 0.311 e. The Balaban J connectivity index is 1.49. The van der Waals surface area contributed by atoms with Crippen LogP contribution in [0.1, 0.15) is 5.56 Å². The lowest BCUT2D eigenvalue weighted by Crippen LogP contribution is -2.16. The summed E-state index contributed by atoms with van der Waals surface area (Å²) in [6, 6.07) is 8.89. The summed E-state index contributed by atoms with van der Waals surface area (Å²) >= 11 is 3.63. The van der Waals surface area contributed by atoms with E-state index in [1.54, 1.807) is 18.6 Å². The normalized spacial score (nSPS) is 10.7. The molecule has 0 bridgehead atoms. The highest BCUT2D eigenvalue weighted by molar-refractivity contribution is 9.10. The Kier molecular flexibility index (Phi) is 6.45. The number of aromatic amines is 1. The number of aryl methyl sites for hydroxylation is 1. The molecule has 1 aromatic carbocycles. The molecule has 11 nitrogen and oxygen atoms in total. The minimum Gasteiger partial charge on any atom is -0.378 e. The van der Waals surface area contributed by atoms with Crippen LogP contribution < -0.4 is 16.4 Å². The number of halogens is 1. The molecule has 0 fully saturated rings. The van der Waals surface area contributed by atoms with Crippen molar-refractivity contribution < 1.29 is 4.92 Å². The number of nitro groups is 1. The molecular formula is C21H20BrN9O2. The number of pyridine rings is 1. The Hall–Kier alpha value is -4.06. The number of nitrogens with two attached hydrogens (primary N) is 1. The fourth-order valence-corrected chi connectivity index (χ4v) is 3.84. The van der Waals surface area contributed by atoms with Crippen molar-refractivity contribution in [3.05, 3.63) is 69.1 Å². The van der Waals surface area contributed by atoms with Crippen LogP contribution in [0.15, 0.2) is 53.4 Å². The zero-order chi connectivity index (χ0) is 23.4. The van der Waals surface area contributed by atoms with E-state index in [9.17, 15) is 10.1 Å². The Morgan fingerprint density at radius 3 is 2.64 bits per heavy atom. The number of hydrogen-bond acceptors (Lipinski definition) is 9. The van der Waals surface area contributed by atoms with Gasteiger partial charge in [0.25, 0.3) is 0 Å². The summed E-state index contributed by atoms with van der Waals surface area (Å²) in [5.41, 5.74) is 8.95. The number of nitrogen functional groups attached to an aromatic ring is 1. The molecule has 33 heavy (non-hydrogen) atoms. The van der Waals surface area contributed by atoms with E-state index < -0.39 is 4.92 Å². The topological polar surface area (TPSA) is 161 Å². The number of nitrogens with zero attached hydrogens (tertiary/aromatic N) is 5. The first-order valence-corrected chi connectivity index (χ1v) is 10.7. The van der Waals surface area contributed by atoms with Gasteiger partial charge in [0.1, 0.15) is 11.6 Å². The summed E-state index contributed by atoms with van der Waals surface area (Å²) in [5.74, 6) is 1.43. The number of benzene rings is 1. The first kappa shape index (κ1) is 22.1. The second kappa shape index (κ2) is 9.61. The van der Waals surface area contributed by atoms with E-state index in [1.807, 2.05) is 25.1 Å². The van der Waals surface area contributed by atoms with E-state index in [1.165, 1.54) is 12.1 Å². The maximum absolute atomic E-state index is 10.8. The molecule has 0 atom stereocenters. The molecule has 3 aromatic heterocycles. The number of aromatic nitrogens is 5. The average molecular weight is 510 g/mol. The summed E-state index contributed by atoms with van der Waals surface area (Å²) < 4.78 is 0.920. The summed E-state index contributed by atoms with van der Waals surface area (Å²) in [7, 11) is 0. The minimum absolute atomic E-state index is 0.136. The van der Waals surface area contributed by atoms with Crippen LogP contribution in [-0.2, 0) is 0 Å². The predicted octanol–water partition coefficient (Wildman–Crippen LogP) is 4.01. The van der Waals surface area contributed by atoms with Gasteiger partial charge in [-0.3, -0.25) is 10.1 Å². The number of anilines is 3. The molecule has 4 aromatic rings. The van der Waals surface area contributed by atoms with Crippen LogP contribution in [0.3, 0.4) is 0 Å².